The Balaban J connectivity index is 1.18. The van der Waals surface area contributed by atoms with E-state index >= 15 is 0 Å². The first-order valence-electron chi connectivity index (χ1n) is 13.5. The van der Waals surface area contributed by atoms with Crippen LogP contribution in [0.15, 0.2) is 66.7 Å². The Morgan fingerprint density at radius 3 is 2.35 bits per heavy atom. The quantitative estimate of drug-likeness (QED) is 0.195. The monoisotopic (exact) mass is 557 g/mol. The molecule has 0 aliphatic heterocycles. The molecular weight excluding hydrogens is 532 g/mol. The van der Waals surface area contributed by atoms with E-state index in [0.29, 0.717) is 0 Å². The standard InChI is InChI=1S/C33H25N3O2P2/c37-16-39-31-15-23-2-1-22-12-27-21(13-28(22)32(23)36-31)5-8-25-24-7-3-18(11-20(24)4-9-26(25)27)19-6-10-29-30(14-19)35-33(34-29)40-17-38/h3-4,6-7,9-17,36,39-40H,1-2,5,8H2,(H,34,35). The minimum absolute atomic E-state index is 0.0444. The molecular formula is C33H25N3O2P2. The van der Waals surface area contributed by atoms with Gasteiger partial charge in [-0.1, -0.05) is 36.4 Å². The molecule has 6 aromatic rings. The number of fused-ring (bicyclic) bond motifs is 9. The van der Waals surface area contributed by atoms with E-state index in [-0.39, 0.29) is 17.2 Å². The zero-order valence-corrected chi connectivity index (χ0v) is 23.6. The van der Waals surface area contributed by atoms with Gasteiger partial charge in [0.25, 0.3) is 0 Å². The zero-order chi connectivity index (χ0) is 26.8. The van der Waals surface area contributed by atoms with Crippen LogP contribution in [0.25, 0.3) is 55.3 Å². The van der Waals surface area contributed by atoms with E-state index in [1.807, 2.05) is 6.07 Å². The van der Waals surface area contributed by atoms with Crippen LogP contribution in [0, 0.1) is 0 Å². The van der Waals surface area contributed by atoms with Gasteiger partial charge < -0.3 is 9.97 Å². The first-order chi connectivity index (χ1) is 19.7. The zero-order valence-electron chi connectivity index (χ0n) is 21.6. The number of carbonyl (C=O) groups excluding carboxylic acids is 2. The Labute approximate surface area is 234 Å². The number of aromatic amines is 2. The highest BCUT2D eigenvalue weighted by Gasteiger charge is 2.25. The number of H-pyrrole nitrogens is 2. The summed E-state index contributed by atoms with van der Waals surface area (Å²) in [6.45, 7) is 0. The largest absolute Gasteiger partial charge is 0.354 e. The van der Waals surface area contributed by atoms with E-state index in [9.17, 15) is 9.59 Å². The van der Waals surface area contributed by atoms with E-state index in [0.717, 1.165) is 65.3 Å². The van der Waals surface area contributed by atoms with Crippen molar-refractivity contribution >= 4 is 62.0 Å². The lowest BCUT2D eigenvalue weighted by Crippen LogP contribution is -2.09. The summed E-state index contributed by atoms with van der Waals surface area (Å²) < 4.78 is 0. The third-order valence-electron chi connectivity index (χ3n) is 8.45. The minimum atomic E-state index is 0.0444. The predicted molar refractivity (Wildman–Crippen MR) is 168 cm³/mol. The number of aryl methyl sites for hydroxylation is 4. The second kappa shape index (κ2) is 9.34. The molecule has 8 rings (SSSR count). The van der Waals surface area contributed by atoms with Crippen molar-refractivity contribution in [3.63, 3.8) is 0 Å². The molecule has 40 heavy (non-hydrogen) atoms. The molecule has 0 amide bonds. The molecule has 5 nitrogen and oxygen atoms in total. The summed E-state index contributed by atoms with van der Waals surface area (Å²) in [5.41, 5.74) is 16.7. The van der Waals surface area contributed by atoms with Crippen LogP contribution in [-0.2, 0) is 35.3 Å². The van der Waals surface area contributed by atoms with Gasteiger partial charge in [0.15, 0.2) is 0 Å². The average Bonchev–Trinajstić information content (AvgIpc) is 3.59. The van der Waals surface area contributed by atoms with Gasteiger partial charge >= 0.3 is 0 Å². The Morgan fingerprint density at radius 1 is 0.675 bits per heavy atom. The molecule has 2 N–H and O–H groups in total. The number of nitrogens with zero attached hydrogens (tertiary/aromatic N) is 1. The molecule has 2 unspecified atom stereocenters. The molecule has 2 heterocycles. The van der Waals surface area contributed by atoms with Gasteiger partial charge in [0.2, 0.25) is 0 Å². The molecule has 7 heteroatoms. The smallest absolute Gasteiger partial charge is 0.146 e. The number of nitrogens with one attached hydrogen (secondary N) is 2. The summed E-state index contributed by atoms with van der Waals surface area (Å²) in [6, 6.07) is 26.5. The maximum atomic E-state index is 11.1. The van der Waals surface area contributed by atoms with Gasteiger partial charge in [0.1, 0.15) is 17.6 Å². The second-order valence-corrected chi connectivity index (χ2v) is 12.7. The number of carbonyl (C=O) groups is 2. The van der Waals surface area contributed by atoms with Gasteiger partial charge in [-0.15, -0.1) is 0 Å². The van der Waals surface area contributed by atoms with Gasteiger partial charge in [-0.3, -0.25) is 9.59 Å². The molecule has 194 valence electrons. The maximum Gasteiger partial charge on any atom is 0.146 e. The van der Waals surface area contributed by atoms with Gasteiger partial charge in [0, 0.05) is 25.3 Å². The molecule has 2 aromatic heterocycles. The molecule has 2 aliphatic carbocycles. The van der Waals surface area contributed by atoms with Crippen molar-refractivity contribution in [1.82, 2.24) is 15.0 Å². The first-order valence-corrected chi connectivity index (χ1v) is 15.7. The highest BCUT2D eigenvalue weighted by atomic mass is 31.1. The maximum absolute atomic E-state index is 11.1. The summed E-state index contributed by atoms with van der Waals surface area (Å²) in [5.74, 6) is 0. The number of imidazole rings is 1. The van der Waals surface area contributed by atoms with Crippen LogP contribution >= 0.6 is 17.2 Å². The Hall–Kier alpha value is -3.91. The molecule has 0 radical (unpaired) electrons. The van der Waals surface area contributed by atoms with Crippen LogP contribution in [0.2, 0.25) is 0 Å². The number of aromatic nitrogens is 3. The van der Waals surface area contributed by atoms with Crippen molar-refractivity contribution in [2.45, 2.75) is 25.7 Å². The molecule has 4 aromatic carbocycles. The lowest BCUT2D eigenvalue weighted by atomic mass is 9.79. The van der Waals surface area contributed by atoms with Crippen LogP contribution < -0.4 is 11.0 Å². The van der Waals surface area contributed by atoms with E-state index in [1.165, 1.54) is 61.0 Å². The SMILES string of the molecule is O=CPc1cc2c([nH]1)-c1cc3c(cc1CC2)-c1ccc2cc(-c4ccc5nc(PC=O)[nH]c5c4)ccc2c1CC3. The Bertz CT molecular complexity index is 2020. The van der Waals surface area contributed by atoms with Crippen molar-refractivity contribution in [2.75, 3.05) is 0 Å². The van der Waals surface area contributed by atoms with Crippen molar-refractivity contribution in [2.24, 2.45) is 0 Å². The summed E-state index contributed by atoms with van der Waals surface area (Å²) in [4.78, 5) is 33.3. The van der Waals surface area contributed by atoms with Crippen molar-refractivity contribution in [1.29, 1.82) is 0 Å². The summed E-state index contributed by atoms with van der Waals surface area (Å²) >= 11 is 0. The fraction of sp³-hybridized carbons (Fsp3) is 0.121. The summed E-state index contributed by atoms with van der Waals surface area (Å²) in [7, 11) is 0.227. The summed E-state index contributed by atoms with van der Waals surface area (Å²) in [5, 5.41) is 2.58. The molecule has 0 bridgehead atoms. The highest BCUT2D eigenvalue weighted by molar-refractivity contribution is 7.62. The average molecular weight is 558 g/mol. The highest BCUT2D eigenvalue weighted by Crippen LogP contribution is 2.43. The fourth-order valence-electron chi connectivity index (χ4n) is 6.60. The summed E-state index contributed by atoms with van der Waals surface area (Å²) in [6.07, 6.45) is 4.09. The van der Waals surface area contributed by atoms with E-state index in [1.54, 1.807) is 0 Å². The van der Waals surface area contributed by atoms with Gasteiger partial charge in [-0.25, -0.2) is 4.98 Å². The molecule has 0 saturated carbocycles. The van der Waals surface area contributed by atoms with Crippen molar-refractivity contribution < 1.29 is 9.59 Å². The van der Waals surface area contributed by atoms with Gasteiger partial charge in [-0.2, -0.15) is 0 Å². The third kappa shape index (κ3) is 3.80. The number of benzene rings is 4. The first kappa shape index (κ1) is 23.9. The van der Waals surface area contributed by atoms with Crippen LogP contribution in [-0.4, -0.2) is 27.0 Å². The predicted octanol–water partition coefficient (Wildman–Crippen LogP) is 6.23. The fourth-order valence-corrected chi connectivity index (χ4v) is 7.69. The molecule has 2 aliphatic rings. The molecule has 0 spiro atoms. The Kier molecular flexibility index (Phi) is 5.59. The van der Waals surface area contributed by atoms with Gasteiger partial charge in [-0.05, 0) is 120 Å². The topological polar surface area (TPSA) is 78.6 Å². The van der Waals surface area contributed by atoms with Crippen LogP contribution in [0.5, 0.6) is 0 Å². The van der Waals surface area contributed by atoms with E-state index < -0.39 is 0 Å². The number of hydrogen-bond acceptors (Lipinski definition) is 3. The Morgan fingerprint density at radius 2 is 1.45 bits per heavy atom. The van der Waals surface area contributed by atoms with Crippen LogP contribution in [0.3, 0.4) is 0 Å². The minimum Gasteiger partial charge on any atom is -0.354 e. The number of rotatable bonds is 5. The van der Waals surface area contributed by atoms with Gasteiger partial charge in [0.05, 0.1) is 11.0 Å². The molecule has 0 fully saturated rings. The third-order valence-corrected chi connectivity index (χ3v) is 9.78. The van der Waals surface area contributed by atoms with Crippen LogP contribution in [0.1, 0.15) is 22.3 Å². The molecule has 0 saturated heterocycles. The normalized spacial score (nSPS) is 14.1. The lowest BCUT2D eigenvalue weighted by molar-refractivity contribution is 0.569. The van der Waals surface area contributed by atoms with Crippen LogP contribution in [0.4, 0.5) is 0 Å². The van der Waals surface area contributed by atoms with Crippen molar-refractivity contribution in [3.8, 4) is 33.5 Å². The second-order valence-electron chi connectivity index (χ2n) is 10.6. The van der Waals surface area contributed by atoms with Crippen molar-refractivity contribution in [3.05, 3.63) is 89.0 Å². The van der Waals surface area contributed by atoms with E-state index in [2.05, 4.69) is 75.6 Å². The number of hydrogen-bond donors (Lipinski definition) is 2. The van der Waals surface area contributed by atoms with E-state index in [4.69, 9.17) is 0 Å². The lowest BCUT2D eigenvalue weighted by Gasteiger charge is -2.26. The molecule has 2 atom stereocenters.